The molecule has 2 aliphatic rings. The molecule has 2 heterocycles. The van der Waals surface area contributed by atoms with E-state index in [2.05, 4.69) is 58.5 Å². The lowest BCUT2D eigenvalue weighted by Gasteiger charge is -2.34. The molecule has 20 heavy (non-hydrogen) atoms. The summed E-state index contributed by atoms with van der Waals surface area (Å²) >= 11 is 0. The number of aliphatic imine (C=N–C) groups is 1. The summed E-state index contributed by atoms with van der Waals surface area (Å²) in [5.41, 5.74) is 2.85. The third-order valence-electron chi connectivity index (χ3n) is 4.05. The van der Waals surface area contributed by atoms with Gasteiger partial charge in [-0.2, -0.15) is 0 Å². The molecule has 4 nitrogen and oxygen atoms in total. The standard InChI is InChI=1S/C15H22N4.HI/c1-18-8-7-16-15(18)17-10-12-9-13-5-3-4-6-14(13)19(2)11-12;/h3-6,12H,7-11H2,1-2H3,(H,16,17);1H. The van der Waals surface area contributed by atoms with Gasteiger partial charge >= 0.3 is 0 Å². The van der Waals surface area contributed by atoms with Gasteiger partial charge < -0.3 is 15.1 Å². The largest absolute Gasteiger partial charge is 0.374 e. The minimum absolute atomic E-state index is 0. The fourth-order valence-electron chi connectivity index (χ4n) is 3.01. The number of para-hydroxylation sites is 1. The monoisotopic (exact) mass is 386 g/mol. The van der Waals surface area contributed by atoms with Crippen LogP contribution >= 0.6 is 24.0 Å². The third kappa shape index (κ3) is 3.19. The highest BCUT2D eigenvalue weighted by atomic mass is 127. The van der Waals surface area contributed by atoms with Crippen LogP contribution in [-0.2, 0) is 6.42 Å². The highest BCUT2D eigenvalue weighted by Gasteiger charge is 2.22. The Balaban J connectivity index is 0.00000147. The number of fused-ring (bicyclic) bond motifs is 1. The average Bonchev–Trinajstić information content (AvgIpc) is 2.82. The Morgan fingerprint density at radius 1 is 1.25 bits per heavy atom. The third-order valence-corrected chi connectivity index (χ3v) is 4.05. The van der Waals surface area contributed by atoms with Crippen molar-refractivity contribution in [3.05, 3.63) is 29.8 Å². The highest BCUT2D eigenvalue weighted by Crippen LogP contribution is 2.27. The summed E-state index contributed by atoms with van der Waals surface area (Å²) < 4.78 is 0. The summed E-state index contributed by atoms with van der Waals surface area (Å²) in [6, 6.07) is 8.72. The lowest BCUT2D eigenvalue weighted by Crippen LogP contribution is -2.43. The number of halogens is 1. The van der Waals surface area contributed by atoms with Crippen molar-refractivity contribution in [3.8, 4) is 0 Å². The van der Waals surface area contributed by atoms with Gasteiger partial charge in [-0.15, -0.1) is 24.0 Å². The number of rotatable bonds is 2. The second-order valence-electron chi connectivity index (χ2n) is 5.59. The van der Waals surface area contributed by atoms with Gasteiger partial charge in [-0.05, 0) is 24.0 Å². The van der Waals surface area contributed by atoms with Crippen molar-refractivity contribution in [2.45, 2.75) is 6.42 Å². The Bertz CT molecular complexity index is 489. The second kappa shape index (κ2) is 6.65. The Labute approximate surface area is 138 Å². The molecule has 0 bridgehead atoms. The van der Waals surface area contributed by atoms with Gasteiger partial charge in [0.25, 0.3) is 0 Å². The molecule has 0 saturated heterocycles. The Hall–Kier alpha value is -0.980. The fourth-order valence-corrected chi connectivity index (χ4v) is 3.01. The smallest absolute Gasteiger partial charge is 0.193 e. The van der Waals surface area contributed by atoms with E-state index in [1.54, 1.807) is 0 Å². The van der Waals surface area contributed by atoms with Crippen LogP contribution in [0.4, 0.5) is 5.69 Å². The van der Waals surface area contributed by atoms with E-state index in [-0.39, 0.29) is 24.0 Å². The van der Waals surface area contributed by atoms with Crippen molar-refractivity contribution in [1.29, 1.82) is 0 Å². The number of benzene rings is 1. The molecule has 5 heteroatoms. The predicted molar refractivity (Wildman–Crippen MR) is 95.3 cm³/mol. The molecule has 0 aromatic heterocycles. The van der Waals surface area contributed by atoms with Crippen LogP contribution in [0.5, 0.6) is 0 Å². The van der Waals surface area contributed by atoms with Crippen LogP contribution in [0.15, 0.2) is 29.3 Å². The molecule has 3 rings (SSSR count). The van der Waals surface area contributed by atoms with Crippen LogP contribution in [0.1, 0.15) is 5.56 Å². The van der Waals surface area contributed by atoms with Crippen LogP contribution in [0.25, 0.3) is 0 Å². The second-order valence-corrected chi connectivity index (χ2v) is 5.59. The topological polar surface area (TPSA) is 30.9 Å². The molecule has 110 valence electrons. The number of guanidine groups is 1. The highest BCUT2D eigenvalue weighted by molar-refractivity contribution is 14.0. The summed E-state index contributed by atoms with van der Waals surface area (Å²) in [6.07, 6.45) is 1.16. The molecule has 0 spiro atoms. The van der Waals surface area contributed by atoms with Gasteiger partial charge in [-0.1, -0.05) is 18.2 Å². The van der Waals surface area contributed by atoms with E-state index in [1.165, 1.54) is 11.3 Å². The maximum atomic E-state index is 4.48. The van der Waals surface area contributed by atoms with E-state index in [0.717, 1.165) is 38.6 Å². The number of hydrogen-bond acceptors (Lipinski definition) is 4. The Kier molecular flexibility index (Phi) is 5.12. The quantitative estimate of drug-likeness (QED) is 0.787. The van der Waals surface area contributed by atoms with Gasteiger partial charge in [0.1, 0.15) is 0 Å². The van der Waals surface area contributed by atoms with Crippen molar-refractivity contribution in [1.82, 2.24) is 10.2 Å². The molecule has 0 radical (unpaired) electrons. The molecule has 0 aliphatic carbocycles. The first-order chi connectivity index (χ1) is 9.24. The molecule has 1 unspecified atom stereocenters. The zero-order chi connectivity index (χ0) is 13.2. The molecule has 0 fully saturated rings. The number of likely N-dealkylation sites (N-methyl/N-ethyl adjacent to an activating group) is 1. The molecule has 2 aliphatic heterocycles. The average molecular weight is 386 g/mol. The van der Waals surface area contributed by atoms with E-state index in [4.69, 9.17) is 0 Å². The molecule has 0 saturated carbocycles. The molecule has 1 aromatic rings. The molecule has 1 atom stereocenters. The van der Waals surface area contributed by atoms with Gasteiger partial charge in [0.15, 0.2) is 5.96 Å². The van der Waals surface area contributed by atoms with Crippen LogP contribution in [0.3, 0.4) is 0 Å². The summed E-state index contributed by atoms with van der Waals surface area (Å²) in [7, 11) is 4.28. The van der Waals surface area contributed by atoms with Crippen molar-refractivity contribution in [2.24, 2.45) is 10.9 Å². The minimum atomic E-state index is 0. The number of nitrogens with one attached hydrogen (secondary N) is 1. The molecule has 1 N–H and O–H groups in total. The Morgan fingerprint density at radius 3 is 2.80 bits per heavy atom. The molecule has 1 aromatic carbocycles. The van der Waals surface area contributed by atoms with Gasteiger partial charge in [0.2, 0.25) is 0 Å². The van der Waals surface area contributed by atoms with Gasteiger partial charge in [0.05, 0.1) is 6.54 Å². The number of anilines is 1. The minimum Gasteiger partial charge on any atom is -0.374 e. The van der Waals surface area contributed by atoms with E-state index < -0.39 is 0 Å². The van der Waals surface area contributed by atoms with E-state index >= 15 is 0 Å². The van der Waals surface area contributed by atoms with Gasteiger partial charge in [-0.25, -0.2) is 0 Å². The summed E-state index contributed by atoms with van der Waals surface area (Å²) in [6.45, 7) is 4.07. The lowest BCUT2D eigenvalue weighted by atomic mass is 9.93. The van der Waals surface area contributed by atoms with E-state index in [0.29, 0.717) is 5.92 Å². The number of hydrogen-bond donors (Lipinski definition) is 1. The zero-order valence-corrected chi connectivity index (χ0v) is 14.5. The fraction of sp³-hybridized carbons (Fsp3) is 0.533. The predicted octanol–water partition coefficient (Wildman–Crippen LogP) is 1.80. The summed E-state index contributed by atoms with van der Waals surface area (Å²) in [4.78, 5) is 9.04. The SMILES string of the molecule is CN1CCN=C1NCC1Cc2ccccc2N(C)C1.I. The van der Waals surface area contributed by atoms with Crippen LogP contribution in [-0.4, -0.2) is 51.1 Å². The first-order valence-electron chi connectivity index (χ1n) is 7.02. The maximum absolute atomic E-state index is 4.48. The summed E-state index contributed by atoms with van der Waals surface area (Å²) in [5.74, 6) is 1.71. The maximum Gasteiger partial charge on any atom is 0.193 e. The van der Waals surface area contributed by atoms with Gasteiger partial charge in [0, 0.05) is 39.4 Å². The molecular weight excluding hydrogens is 363 g/mol. The normalized spacial score (nSPS) is 21.1. The van der Waals surface area contributed by atoms with Gasteiger partial charge in [-0.3, -0.25) is 4.99 Å². The zero-order valence-electron chi connectivity index (χ0n) is 12.2. The first-order valence-corrected chi connectivity index (χ1v) is 7.02. The van der Waals surface area contributed by atoms with Crippen LogP contribution in [0, 0.1) is 5.92 Å². The van der Waals surface area contributed by atoms with E-state index in [9.17, 15) is 0 Å². The van der Waals surface area contributed by atoms with Crippen molar-refractivity contribution in [2.75, 3.05) is 45.2 Å². The van der Waals surface area contributed by atoms with Crippen molar-refractivity contribution < 1.29 is 0 Å². The summed E-state index contributed by atoms with van der Waals surface area (Å²) in [5, 5.41) is 3.50. The molecule has 0 amide bonds. The first kappa shape index (κ1) is 15.4. The lowest BCUT2D eigenvalue weighted by molar-refractivity contribution is 0.472. The van der Waals surface area contributed by atoms with Crippen LogP contribution in [0.2, 0.25) is 0 Å². The van der Waals surface area contributed by atoms with Crippen molar-refractivity contribution in [3.63, 3.8) is 0 Å². The van der Waals surface area contributed by atoms with E-state index in [1.807, 2.05) is 0 Å². The molecular formula is C15H23IN4. The van der Waals surface area contributed by atoms with Crippen LogP contribution < -0.4 is 10.2 Å². The van der Waals surface area contributed by atoms with Crippen molar-refractivity contribution >= 4 is 35.6 Å². The number of nitrogens with zero attached hydrogens (tertiary/aromatic N) is 3. The Morgan fingerprint density at radius 2 is 2.05 bits per heavy atom.